The summed E-state index contributed by atoms with van der Waals surface area (Å²) in [7, 11) is 0. The number of carboxylic acid groups (broad SMARTS) is 1. The zero-order valence-electron chi connectivity index (χ0n) is 17.3. The number of aliphatic carboxylic acids is 1. The molecule has 0 radical (unpaired) electrons. The first-order chi connectivity index (χ1) is 14.9. The highest BCUT2D eigenvalue weighted by Gasteiger charge is 2.12. The number of aromatic nitrogens is 2. The third kappa shape index (κ3) is 6.30. The number of nitrogens with one attached hydrogen (secondary N) is 1. The lowest BCUT2D eigenvalue weighted by molar-refractivity contribution is -0.139. The standard InChI is InChI=1S/C22H23N3O6/c1-3-29-16-6-4-15(5-7-16)22-24-20(31-25-22)11-10-19(26)23-18-9-8-17(12-14(18)2)30-13-21(27)28/h4-9,12H,3,10-11,13H2,1-2H3,(H,23,26)(H,27,28). The van der Waals surface area contributed by atoms with Crippen molar-refractivity contribution in [3.8, 4) is 22.9 Å². The summed E-state index contributed by atoms with van der Waals surface area (Å²) < 4.78 is 15.8. The smallest absolute Gasteiger partial charge is 0.341 e. The van der Waals surface area contributed by atoms with Gasteiger partial charge in [0.2, 0.25) is 17.6 Å². The second-order valence-electron chi connectivity index (χ2n) is 6.68. The molecule has 0 aliphatic heterocycles. The third-order valence-corrected chi connectivity index (χ3v) is 4.29. The molecule has 3 aromatic rings. The first-order valence-electron chi connectivity index (χ1n) is 9.75. The predicted octanol–water partition coefficient (Wildman–Crippen LogP) is 3.48. The summed E-state index contributed by atoms with van der Waals surface area (Å²) in [6.45, 7) is 3.89. The van der Waals surface area contributed by atoms with E-state index in [1.165, 1.54) is 0 Å². The molecule has 0 saturated carbocycles. The Kier molecular flexibility index (Phi) is 7.21. The minimum absolute atomic E-state index is 0.168. The third-order valence-electron chi connectivity index (χ3n) is 4.29. The molecule has 1 aromatic heterocycles. The van der Waals surface area contributed by atoms with Crippen LogP contribution in [0.25, 0.3) is 11.4 Å². The highest BCUT2D eigenvalue weighted by molar-refractivity contribution is 5.91. The lowest BCUT2D eigenvalue weighted by Gasteiger charge is -2.10. The van der Waals surface area contributed by atoms with Gasteiger partial charge < -0.3 is 24.4 Å². The SMILES string of the molecule is CCOc1ccc(-c2noc(CCC(=O)Nc3ccc(OCC(=O)O)cc3C)n2)cc1. The molecule has 3 rings (SSSR count). The van der Waals surface area contributed by atoms with Crippen LogP contribution in [-0.2, 0) is 16.0 Å². The fourth-order valence-corrected chi connectivity index (χ4v) is 2.78. The number of amides is 1. The number of anilines is 1. The summed E-state index contributed by atoms with van der Waals surface area (Å²) in [6.07, 6.45) is 0.469. The number of aryl methyl sites for hydroxylation is 2. The van der Waals surface area contributed by atoms with Gasteiger partial charge in [-0.1, -0.05) is 5.16 Å². The number of ether oxygens (including phenoxy) is 2. The molecule has 9 nitrogen and oxygen atoms in total. The van der Waals surface area contributed by atoms with Gasteiger partial charge in [0.1, 0.15) is 11.5 Å². The molecule has 31 heavy (non-hydrogen) atoms. The molecule has 2 N–H and O–H groups in total. The van der Waals surface area contributed by atoms with Gasteiger partial charge in [-0.05, 0) is 61.9 Å². The summed E-state index contributed by atoms with van der Waals surface area (Å²) in [4.78, 5) is 27.2. The van der Waals surface area contributed by atoms with Crippen molar-refractivity contribution in [3.63, 3.8) is 0 Å². The fourth-order valence-electron chi connectivity index (χ4n) is 2.78. The lowest BCUT2D eigenvalue weighted by Crippen LogP contribution is -2.13. The topological polar surface area (TPSA) is 124 Å². The zero-order chi connectivity index (χ0) is 22.2. The Morgan fingerprint density at radius 2 is 1.84 bits per heavy atom. The number of nitrogens with zero attached hydrogens (tertiary/aromatic N) is 2. The second-order valence-corrected chi connectivity index (χ2v) is 6.68. The van der Waals surface area contributed by atoms with Crippen molar-refractivity contribution in [2.75, 3.05) is 18.5 Å². The van der Waals surface area contributed by atoms with Gasteiger partial charge in [-0.3, -0.25) is 4.79 Å². The van der Waals surface area contributed by atoms with Crippen molar-refractivity contribution in [3.05, 3.63) is 53.9 Å². The molecular weight excluding hydrogens is 402 g/mol. The monoisotopic (exact) mass is 425 g/mol. The number of carboxylic acids is 1. The quantitative estimate of drug-likeness (QED) is 0.506. The second kappa shape index (κ2) is 10.2. The van der Waals surface area contributed by atoms with Crippen LogP contribution in [0, 0.1) is 6.92 Å². The van der Waals surface area contributed by atoms with Gasteiger partial charge in [-0.2, -0.15) is 4.98 Å². The molecule has 9 heteroatoms. The van der Waals surface area contributed by atoms with E-state index in [1.807, 2.05) is 31.2 Å². The minimum atomic E-state index is -1.05. The average Bonchev–Trinajstić information content (AvgIpc) is 3.22. The molecule has 1 heterocycles. The first kappa shape index (κ1) is 21.8. The van der Waals surface area contributed by atoms with Crippen molar-refractivity contribution < 1.29 is 28.7 Å². The summed E-state index contributed by atoms with van der Waals surface area (Å²) in [5.74, 6) is 0.748. The van der Waals surface area contributed by atoms with E-state index in [9.17, 15) is 9.59 Å². The maximum atomic E-state index is 12.3. The molecule has 162 valence electrons. The molecule has 0 aliphatic rings. The Labute approximate surface area is 179 Å². The lowest BCUT2D eigenvalue weighted by atomic mass is 10.2. The minimum Gasteiger partial charge on any atom is -0.494 e. The Balaban J connectivity index is 1.52. The van der Waals surface area contributed by atoms with E-state index in [1.54, 1.807) is 25.1 Å². The van der Waals surface area contributed by atoms with E-state index in [-0.39, 0.29) is 12.3 Å². The highest BCUT2D eigenvalue weighted by atomic mass is 16.5. The summed E-state index contributed by atoms with van der Waals surface area (Å²) in [6, 6.07) is 12.3. The van der Waals surface area contributed by atoms with Gasteiger partial charge in [-0.15, -0.1) is 0 Å². The maximum absolute atomic E-state index is 12.3. The zero-order valence-corrected chi connectivity index (χ0v) is 17.3. The van der Waals surface area contributed by atoms with Gasteiger partial charge in [0, 0.05) is 24.1 Å². The average molecular weight is 425 g/mol. The highest BCUT2D eigenvalue weighted by Crippen LogP contribution is 2.22. The molecule has 2 aromatic carbocycles. The van der Waals surface area contributed by atoms with Crippen LogP contribution < -0.4 is 14.8 Å². The largest absolute Gasteiger partial charge is 0.494 e. The van der Waals surface area contributed by atoms with Crippen LogP contribution in [0.4, 0.5) is 5.69 Å². The Bertz CT molecular complexity index is 1050. The number of hydrogen-bond acceptors (Lipinski definition) is 7. The maximum Gasteiger partial charge on any atom is 0.341 e. The van der Waals surface area contributed by atoms with Crippen LogP contribution in [0.1, 0.15) is 24.8 Å². The van der Waals surface area contributed by atoms with E-state index in [0.717, 1.165) is 16.9 Å². The number of rotatable bonds is 10. The van der Waals surface area contributed by atoms with E-state index < -0.39 is 12.6 Å². The molecule has 0 spiro atoms. The molecule has 0 bridgehead atoms. The Hall–Kier alpha value is -3.88. The number of benzene rings is 2. The normalized spacial score (nSPS) is 10.5. The molecule has 0 unspecified atom stereocenters. The van der Waals surface area contributed by atoms with Gasteiger partial charge >= 0.3 is 5.97 Å². The van der Waals surface area contributed by atoms with Crippen molar-refractivity contribution in [1.82, 2.24) is 10.1 Å². The van der Waals surface area contributed by atoms with E-state index in [0.29, 0.717) is 36.2 Å². The van der Waals surface area contributed by atoms with E-state index >= 15 is 0 Å². The number of carbonyl (C=O) groups excluding carboxylic acids is 1. The molecule has 0 atom stereocenters. The first-order valence-corrected chi connectivity index (χ1v) is 9.75. The molecular formula is C22H23N3O6. The van der Waals surface area contributed by atoms with Crippen LogP contribution in [0.3, 0.4) is 0 Å². The fraction of sp³-hybridized carbons (Fsp3) is 0.273. The van der Waals surface area contributed by atoms with E-state index in [2.05, 4.69) is 15.5 Å². The van der Waals surface area contributed by atoms with Crippen LogP contribution in [0.5, 0.6) is 11.5 Å². The van der Waals surface area contributed by atoms with Gasteiger partial charge in [0.25, 0.3) is 0 Å². The van der Waals surface area contributed by atoms with Crippen molar-refractivity contribution >= 4 is 17.6 Å². The number of carbonyl (C=O) groups is 2. The summed E-state index contributed by atoms with van der Waals surface area (Å²) >= 11 is 0. The van der Waals surface area contributed by atoms with Crippen LogP contribution in [0.15, 0.2) is 47.0 Å². The molecule has 1 amide bonds. The van der Waals surface area contributed by atoms with Crippen molar-refractivity contribution in [2.24, 2.45) is 0 Å². The summed E-state index contributed by atoms with van der Waals surface area (Å²) in [5.41, 5.74) is 2.17. The van der Waals surface area contributed by atoms with Crippen LogP contribution in [-0.4, -0.2) is 40.3 Å². The Morgan fingerprint density at radius 1 is 1.10 bits per heavy atom. The number of hydrogen-bond donors (Lipinski definition) is 2. The van der Waals surface area contributed by atoms with E-state index in [4.69, 9.17) is 19.1 Å². The Morgan fingerprint density at radius 3 is 2.52 bits per heavy atom. The molecule has 0 fully saturated rings. The predicted molar refractivity (Wildman–Crippen MR) is 112 cm³/mol. The van der Waals surface area contributed by atoms with Gasteiger partial charge in [0.15, 0.2) is 6.61 Å². The van der Waals surface area contributed by atoms with Gasteiger partial charge in [-0.25, -0.2) is 4.79 Å². The van der Waals surface area contributed by atoms with Crippen LogP contribution in [0.2, 0.25) is 0 Å². The van der Waals surface area contributed by atoms with Gasteiger partial charge in [0.05, 0.1) is 6.61 Å². The van der Waals surface area contributed by atoms with Crippen LogP contribution >= 0.6 is 0 Å². The molecule has 0 aliphatic carbocycles. The van der Waals surface area contributed by atoms with Crippen molar-refractivity contribution in [1.29, 1.82) is 0 Å². The van der Waals surface area contributed by atoms with Crippen molar-refractivity contribution in [2.45, 2.75) is 26.7 Å². The molecule has 0 saturated heterocycles. The summed E-state index contributed by atoms with van der Waals surface area (Å²) in [5, 5.41) is 15.4.